The van der Waals surface area contributed by atoms with Crippen LogP contribution < -0.4 is 0 Å². The second kappa shape index (κ2) is 55.7. The summed E-state index contributed by atoms with van der Waals surface area (Å²) < 4.78 is 16.7. The molecule has 386 valence electrons. The molecular formula is C62H102O6. The van der Waals surface area contributed by atoms with Crippen LogP contribution in [0.1, 0.15) is 245 Å². The van der Waals surface area contributed by atoms with Gasteiger partial charge < -0.3 is 14.2 Å². The van der Waals surface area contributed by atoms with E-state index in [0.717, 1.165) is 89.9 Å². The molecule has 0 aliphatic carbocycles. The Morgan fingerprint density at radius 2 is 0.603 bits per heavy atom. The molecule has 1 unspecified atom stereocenters. The van der Waals surface area contributed by atoms with Gasteiger partial charge in [0.25, 0.3) is 0 Å². The molecule has 0 aromatic carbocycles. The molecule has 0 aromatic rings. The minimum atomic E-state index is -0.824. The zero-order chi connectivity index (χ0) is 49.3. The van der Waals surface area contributed by atoms with E-state index >= 15 is 0 Å². The number of allylic oxidation sites excluding steroid dienone is 18. The van der Waals surface area contributed by atoms with E-state index in [2.05, 4.69) is 124 Å². The van der Waals surface area contributed by atoms with Crippen LogP contribution in [0.25, 0.3) is 0 Å². The van der Waals surface area contributed by atoms with Crippen molar-refractivity contribution >= 4 is 17.9 Å². The third-order valence-electron chi connectivity index (χ3n) is 11.5. The van der Waals surface area contributed by atoms with Crippen LogP contribution in [0.3, 0.4) is 0 Å². The first-order chi connectivity index (χ1) is 33.5. The van der Waals surface area contributed by atoms with Gasteiger partial charge in [-0.3, -0.25) is 14.4 Å². The summed E-state index contributed by atoms with van der Waals surface area (Å²) in [6.07, 6.45) is 75.3. The van der Waals surface area contributed by atoms with Gasteiger partial charge in [0.1, 0.15) is 13.2 Å². The summed E-state index contributed by atoms with van der Waals surface area (Å²) in [4.78, 5) is 38.0. The van der Waals surface area contributed by atoms with Gasteiger partial charge in [-0.2, -0.15) is 0 Å². The third-order valence-corrected chi connectivity index (χ3v) is 11.5. The minimum Gasteiger partial charge on any atom is -0.462 e. The lowest BCUT2D eigenvalue weighted by molar-refractivity contribution is -0.166. The highest BCUT2D eigenvalue weighted by Gasteiger charge is 2.19. The van der Waals surface area contributed by atoms with Crippen molar-refractivity contribution in [2.24, 2.45) is 0 Å². The van der Waals surface area contributed by atoms with Crippen LogP contribution in [0.4, 0.5) is 0 Å². The number of ether oxygens (including phenoxy) is 3. The van der Waals surface area contributed by atoms with Crippen LogP contribution in [0.2, 0.25) is 0 Å². The fourth-order valence-corrected chi connectivity index (χ4v) is 7.42. The Morgan fingerprint density at radius 1 is 0.309 bits per heavy atom. The normalized spacial score (nSPS) is 12.9. The lowest BCUT2D eigenvalue weighted by Crippen LogP contribution is -2.30. The van der Waals surface area contributed by atoms with Crippen molar-refractivity contribution in [1.82, 2.24) is 0 Å². The van der Waals surface area contributed by atoms with Gasteiger partial charge in [0.15, 0.2) is 6.10 Å². The molecule has 0 saturated carbocycles. The van der Waals surface area contributed by atoms with Gasteiger partial charge in [0, 0.05) is 19.3 Å². The zero-order valence-corrected chi connectivity index (χ0v) is 44.1. The summed E-state index contributed by atoms with van der Waals surface area (Å²) in [5.41, 5.74) is 0. The summed E-state index contributed by atoms with van der Waals surface area (Å²) >= 11 is 0. The molecule has 0 radical (unpaired) electrons. The second-order valence-electron chi connectivity index (χ2n) is 18.1. The van der Waals surface area contributed by atoms with Crippen LogP contribution in [-0.2, 0) is 28.6 Å². The monoisotopic (exact) mass is 943 g/mol. The van der Waals surface area contributed by atoms with E-state index in [1.54, 1.807) is 0 Å². The average Bonchev–Trinajstić information content (AvgIpc) is 3.34. The summed E-state index contributed by atoms with van der Waals surface area (Å²) in [6, 6.07) is 0. The fraction of sp³-hybridized carbons (Fsp3) is 0.661. The maximum Gasteiger partial charge on any atom is 0.306 e. The Labute approximate surface area is 419 Å². The van der Waals surface area contributed by atoms with E-state index in [0.29, 0.717) is 25.7 Å². The molecule has 0 heterocycles. The zero-order valence-electron chi connectivity index (χ0n) is 44.1. The van der Waals surface area contributed by atoms with Crippen molar-refractivity contribution in [3.8, 4) is 0 Å². The Kier molecular flexibility index (Phi) is 52.4. The van der Waals surface area contributed by atoms with Crippen molar-refractivity contribution in [3.63, 3.8) is 0 Å². The van der Waals surface area contributed by atoms with Gasteiger partial charge in [0.2, 0.25) is 0 Å². The first-order valence-corrected chi connectivity index (χ1v) is 27.9. The van der Waals surface area contributed by atoms with E-state index in [-0.39, 0.29) is 37.5 Å². The quantitative estimate of drug-likeness (QED) is 0.0262. The molecule has 0 aliphatic heterocycles. The summed E-state index contributed by atoms with van der Waals surface area (Å²) in [6.45, 7) is 6.32. The maximum absolute atomic E-state index is 12.8. The van der Waals surface area contributed by atoms with Crippen molar-refractivity contribution in [2.75, 3.05) is 13.2 Å². The molecule has 0 amide bonds. The van der Waals surface area contributed by atoms with Gasteiger partial charge in [-0.1, -0.05) is 246 Å². The predicted octanol–water partition coefficient (Wildman–Crippen LogP) is 18.7. The van der Waals surface area contributed by atoms with Gasteiger partial charge in [-0.15, -0.1) is 0 Å². The summed E-state index contributed by atoms with van der Waals surface area (Å²) in [7, 11) is 0. The van der Waals surface area contributed by atoms with Crippen LogP contribution in [0, 0.1) is 0 Å². The fourth-order valence-electron chi connectivity index (χ4n) is 7.42. The molecule has 0 rings (SSSR count). The minimum absolute atomic E-state index is 0.121. The van der Waals surface area contributed by atoms with Gasteiger partial charge in [0.05, 0.1) is 0 Å². The number of esters is 3. The molecule has 0 bridgehead atoms. The topological polar surface area (TPSA) is 78.9 Å². The highest BCUT2D eigenvalue weighted by atomic mass is 16.6. The SMILES string of the molecule is CC/C=C\C/C=C\C/C=C\C/C=C\C/C=C\C/C=C\CCC(=O)OCC(COC(=O)CCCC/C=C\C/C=C\C/C=C\CC)OC(=O)CCCCCCCCCCCCCCCCCCCCC. The van der Waals surface area contributed by atoms with Crippen molar-refractivity contribution in [3.05, 3.63) is 109 Å². The van der Waals surface area contributed by atoms with Crippen LogP contribution in [0.15, 0.2) is 109 Å². The molecule has 6 nitrogen and oxygen atoms in total. The highest BCUT2D eigenvalue weighted by molar-refractivity contribution is 5.71. The van der Waals surface area contributed by atoms with Crippen molar-refractivity contribution < 1.29 is 28.6 Å². The lowest BCUT2D eigenvalue weighted by atomic mass is 10.0. The summed E-state index contributed by atoms with van der Waals surface area (Å²) in [5, 5.41) is 0. The number of hydrogen-bond donors (Lipinski definition) is 0. The number of carbonyl (C=O) groups is 3. The van der Waals surface area contributed by atoms with E-state index in [1.165, 1.54) is 103 Å². The molecule has 0 spiro atoms. The molecule has 1 atom stereocenters. The smallest absolute Gasteiger partial charge is 0.306 e. The number of hydrogen-bond acceptors (Lipinski definition) is 6. The Hall–Kier alpha value is -3.93. The number of carbonyl (C=O) groups excluding carboxylic acids is 3. The first kappa shape index (κ1) is 64.1. The molecular weight excluding hydrogens is 841 g/mol. The van der Waals surface area contributed by atoms with Gasteiger partial charge in [-0.25, -0.2) is 0 Å². The van der Waals surface area contributed by atoms with Crippen molar-refractivity contribution in [2.45, 2.75) is 252 Å². The largest absolute Gasteiger partial charge is 0.462 e. The highest BCUT2D eigenvalue weighted by Crippen LogP contribution is 2.16. The molecule has 0 saturated heterocycles. The second-order valence-corrected chi connectivity index (χ2v) is 18.1. The molecule has 0 aliphatic rings. The Bertz CT molecular complexity index is 1410. The Balaban J connectivity index is 4.49. The van der Waals surface area contributed by atoms with Crippen LogP contribution >= 0.6 is 0 Å². The molecule has 0 N–H and O–H groups in total. The standard InChI is InChI=1S/C62H102O6/c1-4-7-10-13-16-19-22-25-27-29-31-33-35-37-40-43-46-49-52-55-61(64)67-58-59(57-66-60(63)54-51-48-45-42-39-24-21-18-15-12-9-6-3)68-62(65)56-53-50-47-44-41-38-36-34-32-30-28-26-23-20-17-14-11-8-5-2/h7,9-10,12,16,18-19,21,25,27,31,33,37,39-40,42,46,49,59H,4-6,8,11,13-15,17,20,22-24,26,28-30,32,34-36,38,41,43-45,47-48,50-58H2,1-3H3/b10-7-,12-9-,19-16-,21-18-,27-25-,33-31-,40-37-,42-39-,49-46-. The average molecular weight is 943 g/mol. The molecule has 6 heteroatoms. The predicted molar refractivity (Wildman–Crippen MR) is 293 cm³/mol. The van der Waals surface area contributed by atoms with Gasteiger partial charge in [-0.05, 0) is 89.9 Å². The van der Waals surface area contributed by atoms with E-state index in [4.69, 9.17) is 14.2 Å². The van der Waals surface area contributed by atoms with Crippen LogP contribution in [0.5, 0.6) is 0 Å². The lowest BCUT2D eigenvalue weighted by Gasteiger charge is -2.18. The van der Waals surface area contributed by atoms with E-state index in [1.807, 2.05) is 6.08 Å². The number of rotatable bonds is 49. The van der Waals surface area contributed by atoms with E-state index < -0.39 is 6.10 Å². The third kappa shape index (κ3) is 53.0. The van der Waals surface area contributed by atoms with E-state index in [9.17, 15) is 14.4 Å². The van der Waals surface area contributed by atoms with Crippen molar-refractivity contribution in [1.29, 1.82) is 0 Å². The number of unbranched alkanes of at least 4 members (excludes halogenated alkanes) is 20. The molecule has 0 aromatic heterocycles. The maximum atomic E-state index is 12.8. The summed E-state index contributed by atoms with van der Waals surface area (Å²) in [5.74, 6) is -1.04. The Morgan fingerprint density at radius 3 is 0.985 bits per heavy atom. The van der Waals surface area contributed by atoms with Gasteiger partial charge >= 0.3 is 17.9 Å². The van der Waals surface area contributed by atoms with Crippen LogP contribution in [-0.4, -0.2) is 37.2 Å². The molecule has 68 heavy (non-hydrogen) atoms. The molecule has 0 fully saturated rings. The first-order valence-electron chi connectivity index (χ1n) is 27.9.